The van der Waals surface area contributed by atoms with Gasteiger partial charge >= 0.3 is 0 Å². The van der Waals surface area contributed by atoms with Gasteiger partial charge in [-0.3, -0.25) is 0 Å². The number of benzene rings is 2. The summed E-state index contributed by atoms with van der Waals surface area (Å²) in [6.45, 7) is 1.32. The van der Waals surface area contributed by atoms with Gasteiger partial charge in [-0.15, -0.1) is 0 Å². The summed E-state index contributed by atoms with van der Waals surface area (Å²) >= 11 is 10.4. The van der Waals surface area contributed by atoms with Crippen molar-refractivity contribution < 1.29 is 4.74 Å². The van der Waals surface area contributed by atoms with E-state index in [2.05, 4.69) is 53.1 Å². The molecule has 0 amide bonds. The number of halogens is 3. The average molecular weight is 450 g/mol. The minimum absolute atomic E-state index is 0.586. The summed E-state index contributed by atoms with van der Waals surface area (Å²) in [4.78, 5) is 0. The maximum atomic E-state index is 5.76. The maximum Gasteiger partial charge on any atom is 0.147 e. The predicted molar refractivity (Wildman–Crippen MR) is 90.0 cm³/mol. The van der Waals surface area contributed by atoms with Crippen LogP contribution in [0.3, 0.4) is 0 Å². The molecule has 0 radical (unpaired) electrons. The summed E-state index contributed by atoms with van der Waals surface area (Å²) in [5, 5.41) is 3.32. The van der Waals surface area contributed by atoms with E-state index in [0.29, 0.717) is 6.61 Å². The van der Waals surface area contributed by atoms with Crippen LogP contribution in [0.1, 0.15) is 0 Å². The van der Waals surface area contributed by atoms with Gasteiger partial charge in [0.25, 0.3) is 0 Å². The molecule has 0 saturated heterocycles. The first-order valence-corrected chi connectivity index (χ1v) is 8.11. The van der Waals surface area contributed by atoms with E-state index < -0.39 is 0 Å². The number of hydrogen-bond donors (Lipinski definition) is 1. The quantitative estimate of drug-likeness (QED) is 0.611. The summed E-state index contributed by atoms with van der Waals surface area (Å²) < 4.78 is 8.70. The normalized spacial score (nSPS) is 10.3. The van der Waals surface area contributed by atoms with Gasteiger partial charge in [-0.05, 0) is 72.1 Å². The first-order chi connectivity index (χ1) is 9.18. The van der Waals surface area contributed by atoms with Crippen molar-refractivity contribution in [3.8, 4) is 5.75 Å². The van der Waals surface area contributed by atoms with Crippen molar-refractivity contribution >= 4 is 53.5 Å². The van der Waals surface area contributed by atoms with Gasteiger partial charge in [0.05, 0.1) is 8.95 Å². The monoisotopic (exact) mass is 447 g/mol. The zero-order chi connectivity index (χ0) is 13.7. The lowest BCUT2D eigenvalue weighted by atomic mass is 10.3. The summed E-state index contributed by atoms with van der Waals surface area (Å²) in [6.07, 6.45) is 0. The highest BCUT2D eigenvalue weighted by Gasteiger charge is 2.05. The second kappa shape index (κ2) is 7.31. The van der Waals surface area contributed by atoms with Crippen molar-refractivity contribution in [1.82, 2.24) is 0 Å². The molecule has 0 aliphatic heterocycles. The van der Waals surface area contributed by atoms with E-state index in [1.807, 2.05) is 42.5 Å². The Hall–Kier alpha value is -0.520. The summed E-state index contributed by atoms with van der Waals surface area (Å²) in [7, 11) is 0. The number of ether oxygens (including phenoxy) is 1. The van der Waals surface area contributed by atoms with Crippen LogP contribution in [0.4, 0.5) is 5.69 Å². The number of anilines is 1. The van der Waals surface area contributed by atoms with Crippen LogP contribution in [0, 0.1) is 0 Å². The van der Waals surface area contributed by atoms with E-state index in [1.165, 1.54) is 0 Å². The smallest absolute Gasteiger partial charge is 0.147 e. The third-order valence-corrected chi connectivity index (χ3v) is 4.40. The highest BCUT2D eigenvalue weighted by molar-refractivity contribution is 9.11. The van der Waals surface area contributed by atoms with E-state index in [1.54, 1.807) is 0 Å². The number of hydrogen-bond acceptors (Lipinski definition) is 2. The molecule has 0 bridgehead atoms. The first kappa shape index (κ1) is 14.9. The fourth-order valence-electron chi connectivity index (χ4n) is 1.56. The molecule has 0 aromatic heterocycles. The molecule has 1 N–H and O–H groups in total. The molecule has 0 fully saturated rings. The number of nitrogens with one attached hydrogen (secondary N) is 1. The predicted octanol–water partition coefficient (Wildman–Crippen LogP) is 5.47. The van der Waals surface area contributed by atoms with Crippen LogP contribution in [0.2, 0.25) is 0 Å². The topological polar surface area (TPSA) is 21.3 Å². The average Bonchev–Trinajstić information content (AvgIpc) is 2.39. The molecule has 0 aliphatic rings. The standard InChI is InChI=1S/C14H12Br3NO/c15-10-4-1-2-7-13(10)18-8-9-19-14-11(16)5-3-6-12(14)17/h1-7,18H,8-9H2. The van der Waals surface area contributed by atoms with E-state index >= 15 is 0 Å². The Balaban J connectivity index is 1.86. The molecule has 0 atom stereocenters. The Morgan fingerprint density at radius 2 is 1.47 bits per heavy atom. The summed E-state index contributed by atoms with van der Waals surface area (Å²) in [6, 6.07) is 13.9. The minimum atomic E-state index is 0.586. The molecule has 0 saturated carbocycles. The lowest BCUT2D eigenvalue weighted by molar-refractivity contribution is 0.329. The van der Waals surface area contributed by atoms with Crippen LogP contribution in [0.25, 0.3) is 0 Å². The third-order valence-electron chi connectivity index (χ3n) is 2.46. The highest BCUT2D eigenvalue weighted by Crippen LogP contribution is 2.32. The second-order valence-electron chi connectivity index (χ2n) is 3.81. The fraction of sp³-hybridized carbons (Fsp3) is 0.143. The molecule has 100 valence electrons. The Bertz CT molecular complexity index is 540. The minimum Gasteiger partial charge on any atom is -0.489 e. The number of rotatable bonds is 5. The summed E-state index contributed by atoms with van der Waals surface area (Å²) in [5.41, 5.74) is 1.07. The Morgan fingerprint density at radius 1 is 0.842 bits per heavy atom. The lowest BCUT2D eigenvalue weighted by Crippen LogP contribution is -2.12. The van der Waals surface area contributed by atoms with Gasteiger partial charge < -0.3 is 10.1 Å². The van der Waals surface area contributed by atoms with Crippen LogP contribution >= 0.6 is 47.8 Å². The maximum absolute atomic E-state index is 5.76. The Morgan fingerprint density at radius 3 is 2.16 bits per heavy atom. The molecule has 2 aromatic carbocycles. The van der Waals surface area contributed by atoms with E-state index in [0.717, 1.165) is 31.4 Å². The zero-order valence-corrected chi connectivity index (χ0v) is 14.8. The van der Waals surface area contributed by atoms with Crippen molar-refractivity contribution in [3.05, 3.63) is 55.9 Å². The van der Waals surface area contributed by atoms with Crippen molar-refractivity contribution in [3.63, 3.8) is 0 Å². The van der Waals surface area contributed by atoms with Gasteiger partial charge in [-0.25, -0.2) is 0 Å². The number of para-hydroxylation sites is 2. The van der Waals surface area contributed by atoms with Crippen LogP contribution < -0.4 is 10.1 Å². The molecule has 0 heterocycles. The van der Waals surface area contributed by atoms with Gasteiger partial charge in [0, 0.05) is 16.7 Å². The second-order valence-corrected chi connectivity index (χ2v) is 6.37. The molecular formula is C14H12Br3NO. The van der Waals surface area contributed by atoms with Crippen molar-refractivity contribution in [2.45, 2.75) is 0 Å². The van der Waals surface area contributed by atoms with Crippen LogP contribution in [0.15, 0.2) is 55.9 Å². The van der Waals surface area contributed by atoms with E-state index in [-0.39, 0.29) is 0 Å². The van der Waals surface area contributed by atoms with Crippen molar-refractivity contribution in [2.75, 3.05) is 18.5 Å². The van der Waals surface area contributed by atoms with Gasteiger partial charge in [0.2, 0.25) is 0 Å². The van der Waals surface area contributed by atoms with Crippen LogP contribution in [-0.2, 0) is 0 Å². The first-order valence-electron chi connectivity index (χ1n) is 5.73. The van der Waals surface area contributed by atoms with Gasteiger partial charge in [0.15, 0.2) is 0 Å². The largest absolute Gasteiger partial charge is 0.489 e. The van der Waals surface area contributed by atoms with E-state index in [4.69, 9.17) is 4.74 Å². The molecule has 2 aromatic rings. The molecule has 2 nitrogen and oxygen atoms in total. The highest BCUT2D eigenvalue weighted by atomic mass is 79.9. The molecular weight excluding hydrogens is 438 g/mol. The zero-order valence-electron chi connectivity index (χ0n) is 10.00. The lowest BCUT2D eigenvalue weighted by Gasteiger charge is -2.12. The molecule has 5 heteroatoms. The Kier molecular flexibility index (Phi) is 5.73. The molecule has 2 rings (SSSR count). The fourth-order valence-corrected chi connectivity index (χ4v) is 3.22. The van der Waals surface area contributed by atoms with Gasteiger partial charge in [-0.2, -0.15) is 0 Å². The SMILES string of the molecule is Brc1ccccc1NCCOc1c(Br)cccc1Br. The third kappa shape index (κ3) is 4.23. The summed E-state index contributed by atoms with van der Waals surface area (Å²) in [5.74, 6) is 0.830. The Labute approximate surface area is 137 Å². The van der Waals surface area contributed by atoms with Crippen LogP contribution in [0.5, 0.6) is 5.75 Å². The van der Waals surface area contributed by atoms with Gasteiger partial charge in [-0.1, -0.05) is 18.2 Å². The van der Waals surface area contributed by atoms with Crippen molar-refractivity contribution in [1.29, 1.82) is 0 Å². The van der Waals surface area contributed by atoms with Gasteiger partial charge in [0.1, 0.15) is 12.4 Å². The molecule has 0 aliphatic carbocycles. The molecule has 0 spiro atoms. The molecule has 19 heavy (non-hydrogen) atoms. The van der Waals surface area contributed by atoms with Crippen LogP contribution in [-0.4, -0.2) is 13.2 Å². The van der Waals surface area contributed by atoms with E-state index in [9.17, 15) is 0 Å². The van der Waals surface area contributed by atoms with Crippen molar-refractivity contribution in [2.24, 2.45) is 0 Å². The molecule has 0 unspecified atom stereocenters.